The number of aryl methyl sites for hydroxylation is 1. The highest BCUT2D eigenvalue weighted by molar-refractivity contribution is 6.30. The van der Waals surface area contributed by atoms with E-state index < -0.39 is 17.7 Å². The Morgan fingerprint density at radius 3 is 2.49 bits per heavy atom. The SMILES string of the molecule is CC(C)OC(=O)N1CCN([C@H]2c3ccc(Cl)cc3C([C@@H](NC(=O)OC3(C(C)C)CC3)c3cncn3C)=Cc3cccnc32)CC1. The second-order valence-corrected chi connectivity index (χ2v) is 13.2. The molecule has 2 fully saturated rings. The van der Waals surface area contributed by atoms with Gasteiger partial charge in [0, 0.05) is 44.4 Å². The number of fused-ring (bicyclic) bond motifs is 2. The maximum Gasteiger partial charge on any atom is 0.410 e. The van der Waals surface area contributed by atoms with Gasteiger partial charge >= 0.3 is 12.2 Å². The first kappa shape index (κ1) is 31.1. The van der Waals surface area contributed by atoms with Gasteiger partial charge in [-0.1, -0.05) is 37.6 Å². The monoisotopic (exact) mass is 632 g/mol. The van der Waals surface area contributed by atoms with Crippen molar-refractivity contribution in [2.45, 2.75) is 64.3 Å². The standard InChI is InChI=1S/C34H41ClN6O4/c1-21(2)34(10-11-34)45-32(42)38-30(28-19-36-20-39(28)5)27-17-23-7-6-12-37-29(23)31(25-9-8-24(35)18-26(25)27)40-13-15-41(16-14-40)33(43)44-22(3)4/h6-9,12,17-22,30-31H,10-11,13-16H2,1-5H3,(H,38,42)/t30-,31+/m1/s1. The molecular weight excluding hydrogens is 592 g/mol. The Morgan fingerprint density at radius 1 is 1.09 bits per heavy atom. The van der Waals surface area contributed by atoms with Crippen molar-refractivity contribution in [1.29, 1.82) is 0 Å². The molecule has 1 N–H and O–H groups in total. The van der Waals surface area contributed by atoms with Gasteiger partial charge in [0.1, 0.15) is 5.60 Å². The van der Waals surface area contributed by atoms with Gasteiger partial charge in [-0.3, -0.25) is 9.88 Å². The van der Waals surface area contributed by atoms with Crippen molar-refractivity contribution in [2.24, 2.45) is 13.0 Å². The number of nitrogens with zero attached hydrogens (tertiary/aromatic N) is 5. The van der Waals surface area contributed by atoms with Crippen LogP contribution >= 0.6 is 11.6 Å². The van der Waals surface area contributed by atoms with Crippen LogP contribution in [0, 0.1) is 5.92 Å². The highest BCUT2D eigenvalue weighted by atomic mass is 35.5. The lowest BCUT2D eigenvalue weighted by molar-refractivity contribution is 0.0507. The van der Waals surface area contributed by atoms with E-state index in [1.165, 1.54) is 0 Å². The fourth-order valence-corrected chi connectivity index (χ4v) is 6.62. The van der Waals surface area contributed by atoms with E-state index in [0.717, 1.165) is 46.5 Å². The largest absolute Gasteiger partial charge is 0.447 e. The van der Waals surface area contributed by atoms with Gasteiger partial charge in [0.2, 0.25) is 0 Å². The molecule has 0 bridgehead atoms. The number of aromatic nitrogens is 3. The van der Waals surface area contributed by atoms with Gasteiger partial charge in [-0.15, -0.1) is 0 Å². The lowest BCUT2D eigenvalue weighted by Crippen LogP contribution is -2.50. The van der Waals surface area contributed by atoms with Crippen LogP contribution in [0.4, 0.5) is 9.59 Å². The lowest BCUT2D eigenvalue weighted by atomic mass is 9.90. The molecule has 238 valence electrons. The molecule has 45 heavy (non-hydrogen) atoms. The van der Waals surface area contributed by atoms with Gasteiger partial charge in [0.25, 0.3) is 0 Å². The van der Waals surface area contributed by atoms with Crippen LogP contribution in [0.15, 0.2) is 49.1 Å². The Balaban J connectivity index is 1.40. The molecule has 2 amide bonds. The van der Waals surface area contributed by atoms with Gasteiger partial charge in [-0.25, -0.2) is 14.6 Å². The summed E-state index contributed by atoms with van der Waals surface area (Å²) in [5, 5.41) is 3.79. The van der Waals surface area contributed by atoms with Gasteiger partial charge in [-0.2, -0.15) is 0 Å². The number of hydrogen-bond acceptors (Lipinski definition) is 7. The lowest BCUT2D eigenvalue weighted by Gasteiger charge is -2.39. The van der Waals surface area contributed by atoms with E-state index in [-0.39, 0.29) is 24.2 Å². The quantitative estimate of drug-likeness (QED) is 0.329. The van der Waals surface area contributed by atoms with Crippen molar-refractivity contribution in [1.82, 2.24) is 29.7 Å². The summed E-state index contributed by atoms with van der Waals surface area (Å²) in [5.74, 6) is 0.224. The number of piperazine rings is 1. The van der Waals surface area contributed by atoms with Crippen LogP contribution < -0.4 is 5.32 Å². The van der Waals surface area contributed by atoms with Gasteiger partial charge in [-0.05, 0) is 79.1 Å². The maximum absolute atomic E-state index is 13.6. The number of rotatable bonds is 7. The number of hydrogen-bond donors (Lipinski definition) is 1. The molecule has 3 aliphatic rings. The summed E-state index contributed by atoms with van der Waals surface area (Å²) < 4.78 is 13.4. The number of carbonyl (C=O) groups excluding carboxylic acids is 2. The van der Waals surface area contributed by atoms with Crippen LogP contribution in [0.3, 0.4) is 0 Å². The number of ether oxygens (including phenoxy) is 2. The average molecular weight is 633 g/mol. The summed E-state index contributed by atoms with van der Waals surface area (Å²) in [6, 6.07) is 9.10. The molecule has 3 heterocycles. The average Bonchev–Trinajstić information content (AvgIpc) is 3.70. The third-order valence-electron chi connectivity index (χ3n) is 9.15. The first-order valence-corrected chi connectivity index (χ1v) is 16.1. The first-order chi connectivity index (χ1) is 21.6. The van der Waals surface area contributed by atoms with E-state index in [0.29, 0.717) is 31.2 Å². The van der Waals surface area contributed by atoms with Crippen molar-refractivity contribution >= 4 is 35.4 Å². The van der Waals surface area contributed by atoms with Crippen molar-refractivity contribution in [3.05, 3.63) is 82.2 Å². The van der Waals surface area contributed by atoms with E-state index in [1.807, 2.05) is 49.9 Å². The topological polar surface area (TPSA) is 102 Å². The number of imidazole rings is 1. The maximum atomic E-state index is 13.6. The normalized spacial score (nSPS) is 19.7. The zero-order valence-corrected chi connectivity index (χ0v) is 27.3. The molecule has 2 atom stereocenters. The van der Waals surface area contributed by atoms with Crippen LogP contribution in [0.5, 0.6) is 0 Å². The van der Waals surface area contributed by atoms with E-state index in [4.69, 9.17) is 26.1 Å². The summed E-state index contributed by atoms with van der Waals surface area (Å²) in [7, 11) is 1.91. The number of pyridine rings is 1. The van der Waals surface area contributed by atoms with Crippen LogP contribution in [0.25, 0.3) is 11.6 Å². The first-order valence-electron chi connectivity index (χ1n) is 15.7. The molecule has 1 aromatic carbocycles. The van der Waals surface area contributed by atoms with E-state index in [2.05, 4.69) is 47.3 Å². The predicted octanol–water partition coefficient (Wildman–Crippen LogP) is 6.23. The molecule has 6 rings (SSSR count). The third kappa shape index (κ3) is 6.31. The molecule has 3 aromatic rings. The van der Waals surface area contributed by atoms with Gasteiger partial charge in [0.15, 0.2) is 0 Å². The summed E-state index contributed by atoms with van der Waals surface area (Å²) in [4.78, 5) is 39.6. The van der Waals surface area contributed by atoms with Crippen molar-refractivity contribution < 1.29 is 19.1 Å². The molecule has 0 spiro atoms. The smallest absolute Gasteiger partial charge is 0.410 e. The molecule has 1 saturated heterocycles. The highest BCUT2D eigenvalue weighted by Gasteiger charge is 2.50. The third-order valence-corrected chi connectivity index (χ3v) is 9.39. The van der Waals surface area contributed by atoms with Gasteiger partial charge in [0.05, 0.1) is 42.1 Å². The Bertz CT molecular complexity index is 1610. The Kier molecular flexibility index (Phi) is 8.63. The molecule has 1 aliphatic heterocycles. The van der Waals surface area contributed by atoms with E-state index in [1.54, 1.807) is 17.4 Å². The predicted molar refractivity (Wildman–Crippen MR) is 173 cm³/mol. The van der Waals surface area contributed by atoms with E-state index in [9.17, 15) is 9.59 Å². The van der Waals surface area contributed by atoms with Gasteiger partial charge < -0.3 is 24.3 Å². The summed E-state index contributed by atoms with van der Waals surface area (Å²) >= 11 is 6.69. The minimum atomic E-state index is -0.584. The fraction of sp³-hybridized carbons (Fsp3) is 0.471. The molecule has 1 saturated carbocycles. The second-order valence-electron chi connectivity index (χ2n) is 12.8. The summed E-state index contributed by atoms with van der Waals surface area (Å²) in [6.07, 6.45) is 8.20. The minimum absolute atomic E-state index is 0.173. The van der Waals surface area contributed by atoms with Crippen LogP contribution in [0.2, 0.25) is 5.02 Å². The second kappa shape index (κ2) is 12.5. The molecule has 2 aliphatic carbocycles. The van der Waals surface area contributed by atoms with Crippen molar-refractivity contribution in [3.8, 4) is 0 Å². The van der Waals surface area contributed by atoms with E-state index >= 15 is 0 Å². The zero-order chi connectivity index (χ0) is 31.9. The fourth-order valence-electron chi connectivity index (χ4n) is 6.45. The van der Waals surface area contributed by atoms with Crippen molar-refractivity contribution in [3.63, 3.8) is 0 Å². The number of alkyl carbamates (subject to hydrolysis) is 1. The summed E-state index contributed by atoms with van der Waals surface area (Å²) in [5.41, 5.74) is 5.00. The van der Waals surface area contributed by atoms with Crippen LogP contribution in [0.1, 0.15) is 80.7 Å². The number of halogens is 1. The number of benzene rings is 1. The Hall–Kier alpha value is -3.89. The molecule has 0 unspecified atom stereocenters. The Morgan fingerprint density at radius 2 is 1.84 bits per heavy atom. The Labute approximate surface area is 269 Å². The molecule has 2 aromatic heterocycles. The van der Waals surface area contributed by atoms with Crippen LogP contribution in [-0.4, -0.2) is 74.4 Å². The molecule has 10 nitrogen and oxygen atoms in total. The number of amides is 2. The zero-order valence-electron chi connectivity index (χ0n) is 26.5. The molecule has 0 radical (unpaired) electrons. The summed E-state index contributed by atoms with van der Waals surface area (Å²) in [6.45, 7) is 10.2. The van der Waals surface area contributed by atoms with Crippen molar-refractivity contribution in [2.75, 3.05) is 26.2 Å². The van der Waals surface area contributed by atoms with Crippen LogP contribution in [-0.2, 0) is 16.5 Å². The molecular formula is C34H41ClN6O4. The highest BCUT2D eigenvalue weighted by Crippen LogP contribution is 2.47. The number of nitrogens with one attached hydrogen (secondary N) is 1. The number of carbonyl (C=O) groups is 2. The molecule has 11 heteroatoms. The minimum Gasteiger partial charge on any atom is -0.447 e.